The van der Waals surface area contributed by atoms with Gasteiger partial charge in [-0.05, 0) is 41.5 Å². The maximum atomic E-state index is 9.24. The summed E-state index contributed by atoms with van der Waals surface area (Å²) in [7, 11) is 0. The minimum atomic E-state index is 0.423. The van der Waals surface area contributed by atoms with Crippen molar-refractivity contribution in [3.05, 3.63) is 68.7 Å². The average Bonchev–Trinajstić information content (AvgIpc) is 2.39. The van der Waals surface area contributed by atoms with E-state index in [-0.39, 0.29) is 0 Å². The molecule has 2 rings (SSSR count). The zero-order valence-corrected chi connectivity index (χ0v) is 12.0. The predicted molar refractivity (Wildman–Crippen MR) is 81.4 cm³/mol. The Labute approximate surface area is 126 Å². The Kier molecular flexibility index (Phi) is 4.50. The first-order chi connectivity index (χ1) is 9.10. The molecule has 0 aliphatic rings. The molecular weight excluding hydrogens is 301 g/mol. The highest BCUT2D eigenvalue weighted by Gasteiger charge is 2.04. The normalized spacial score (nSPS) is 11.2. The van der Waals surface area contributed by atoms with Crippen molar-refractivity contribution in [3.63, 3.8) is 0 Å². The van der Waals surface area contributed by atoms with E-state index in [2.05, 4.69) is 6.07 Å². The first-order valence-corrected chi connectivity index (χ1v) is 6.56. The summed E-state index contributed by atoms with van der Waals surface area (Å²) in [5.41, 5.74) is 2.08. The second-order valence-corrected chi connectivity index (χ2v) is 5.10. The summed E-state index contributed by atoms with van der Waals surface area (Å²) in [5, 5.41) is 10.8. The standard InChI is InChI=1S/C15H8Cl3N/c16-13-3-1-2-10(7-13)6-12(9-19)11-4-5-14(17)15(18)8-11/h1-8H/b12-6-. The highest BCUT2D eigenvalue weighted by atomic mass is 35.5. The predicted octanol–water partition coefficient (Wildman–Crippen LogP) is 5.71. The van der Waals surface area contributed by atoms with Crippen LogP contribution in [0.3, 0.4) is 0 Å². The molecule has 0 saturated carbocycles. The largest absolute Gasteiger partial charge is 0.192 e. The minimum Gasteiger partial charge on any atom is -0.192 e. The van der Waals surface area contributed by atoms with E-state index < -0.39 is 0 Å². The molecular formula is C15H8Cl3N. The Hall–Kier alpha value is -1.46. The van der Waals surface area contributed by atoms with Crippen LogP contribution < -0.4 is 0 Å². The number of nitrogens with zero attached hydrogens (tertiary/aromatic N) is 1. The van der Waals surface area contributed by atoms with Gasteiger partial charge >= 0.3 is 0 Å². The monoisotopic (exact) mass is 307 g/mol. The second-order valence-electron chi connectivity index (χ2n) is 3.85. The first kappa shape index (κ1) is 14.0. The summed E-state index contributed by atoms with van der Waals surface area (Å²) in [6.45, 7) is 0. The number of rotatable bonds is 2. The van der Waals surface area contributed by atoms with Gasteiger partial charge in [-0.3, -0.25) is 0 Å². The quantitative estimate of drug-likeness (QED) is 0.515. The van der Waals surface area contributed by atoms with Crippen LogP contribution in [0.1, 0.15) is 11.1 Å². The van der Waals surface area contributed by atoms with Gasteiger partial charge in [-0.15, -0.1) is 0 Å². The number of allylic oxidation sites excluding steroid dienone is 1. The Morgan fingerprint density at radius 3 is 2.42 bits per heavy atom. The van der Waals surface area contributed by atoms with Crippen LogP contribution in [-0.4, -0.2) is 0 Å². The number of hydrogen-bond acceptors (Lipinski definition) is 1. The molecule has 0 aliphatic carbocycles. The van der Waals surface area contributed by atoms with Gasteiger partial charge in [0.25, 0.3) is 0 Å². The fourth-order valence-electron chi connectivity index (χ4n) is 1.61. The van der Waals surface area contributed by atoms with E-state index in [1.165, 1.54) is 0 Å². The molecule has 0 bridgehead atoms. The molecule has 0 N–H and O–H groups in total. The summed E-state index contributed by atoms with van der Waals surface area (Å²) in [4.78, 5) is 0. The molecule has 0 heterocycles. The summed E-state index contributed by atoms with van der Waals surface area (Å²) in [6.07, 6.45) is 1.76. The number of nitriles is 1. The molecule has 4 heteroatoms. The van der Waals surface area contributed by atoms with Crippen LogP contribution in [-0.2, 0) is 0 Å². The third-order valence-corrected chi connectivity index (χ3v) is 3.48. The SMILES string of the molecule is N#C/C(=C/c1cccc(Cl)c1)c1ccc(Cl)c(Cl)c1. The molecule has 1 nitrogen and oxygen atoms in total. The molecule has 2 aromatic carbocycles. The lowest BCUT2D eigenvalue weighted by molar-refractivity contribution is 1.52. The van der Waals surface area contributed by atoms with Gasteiger partial charge in [-0.25, -0.2) is 0 Å². The van der Waals surface area contributed by atoms with Crippen LogP contribution in [0.15, 0.2) is 42.5 Å². The van der Waals surface area contributed by atoms with E-state index in [9.17, 15) is 5.26 Å². The van der Waals surface area contributed by atoms with Crippen molar-refractivity contribution in [2.45, 2.75) is 0 Å². The van der Waals surface area contributed by atoms with Crippen LogP contribution in [0, 0.1) is 11.3 Å². The van der Waals surface area contributed by atoms with Crippen molar-refractivity contribution in [2.24, 2.45) is 0 Å². The molecule has 0 aliphatic heterocycles. The zero-order valence-electron chi connectivity index (χ0n) is 9.70. The zero-order chi connectivity index (χ0) is 13.8. The summed E-state index contributed by atoms with van der Waals surface area (Å²) in [5.74, 6) is 0. The van der Waals surface area contributed by atoms with Crippen LogP contribution in [0.4, 0.5) is 0 Å². The van der Waals surface area contributed by atoms with Crippen molar-refractivity contribution in [1.82, 2.24) is 0 Å². The van der Waals surface area contributed by atoms with Crippen molar-refractivity contribution in [2.75, 3.05) is 0 Å². The molecule has 0 fully saturated rings. The van der Waals surface area contributed by atoms with Gasteiger partial charge in [0, 0.05) is 5.02 Å². The van der Waals surface area contributed by atoms with Gasteiger partial charge in [0.15, 0.2) is 0 Å². The molecule has 94 valence electrons. The fourth-order valence-corrected chi connectivity index (χ4v) is 2.10. The van der Waals surface area contributed by atoms with Gasteiger partial charge in [0.2, 0.25) is 0 Å². The maximum Gasteiger partial charge on any atom is 0.0998 e. The lowest BCUT2D eigenvalue weighted by atomic mass is 10.0. The van der Waals surface area contributed by atoms with Crippen LogP contribution in [0.5, 0.6) is 0 Å². The molecule has 0 spiro atoms. The summed E-state index contributed by atoms with van der Waals surface area (Å²) >= 11 is 17.7. The molecule has 2 aromatic rings. The second kappa shape index (κ2) is 6.12. The third kappa shape index (κ3) is 3.52. The number of benzene rings is 2. The van der Waals surface area contributed by atoms with Crippen molar-refractivity contribution in [1.29, 1.82) is 5.26 Å². The van der Waals surface area contributed by atoms with E-state index >= 15 is 0 Å². The lowest BCUT2D eigenvalue weighted by Crippen LogP contribution is -1.83. The fraction of sp³-hybridized carbons (Fsp3) is 0. The van der Waals surface area contributed by atoms with E-state index in [0.29, 0.717) is 20.6 Å². The average molecular weight is 309 g/mol. The topological polar surface area (TPSA) is 23.8 Å². The van der Waals surface area contributed by atoms with Gasteiger partial charge < -0.3 is 0 Å². The van der Waals surface area contributed by atoms with Crippen molar-refractivity contribution >= 4 is 46.5 Å². The molecule has 19 heavy (non-hydrogen) atoms. The van der Waals surface area contributed by atoms with E-state index in [0.717, 1.165) is 11.1 Å². The smallest absolute Gasteiger partial charge is 0.0998 e. The highest BCUT2D eigenvalue weighted by Crippen LogP contribution is 2.27. The van der Waals surface area contributed by atoms with Gasteiger partial charge in [-0.2, -0.15) is 5.26 Å². The minimum absolute atomic E-state index is 0.423. The van der Waals surface area contributed by atoms with Gasteiger partial charge in [0.05, 0.1) is 21.7 Å². The van der Waals surface area contributed by atoms with Crippen LogP contribution in [0.25, 0.3) is 11.6 Å². The van der Waals surface area contributed by atoms with Gasteiger partial charge in [-0.1, -0.05) is 53.0 Å². The maximum absolute atomic E-state index is 9.24. The van der Waals surface area contributed by atoms with Crippen molar-refractivity contribution < 1.29 is 0 Å². The first-order valence-electron chi connectivity index (χ1n) is 5.43. The molecule has 0 saturated heterocycles. The van der Waals surface area contributed by atoms with E-state index in [1.807, 2.05) is 12.1 Å². The van der Waals surface area contributed by atoms with Crippen molar-refractivity contribution in [3.8, 4) is 6.07 Å². The Morgan fingerprint density at radius 2 is 1.79 bits per heavy atom. The van der Waals surface area contributed by atoms with Crippen LogP contribution >= 0.6 is 34.8 Å². The highest BCUT2D eigenvalue weighted by molar-refractivity contribution is 6.42. The van der Waals surface area contributed by atoms with E-state index in [1.54, 1.807) is 36.4 Å². The summed E-state index contributed by atoms with van der Waals surface area (Å²) in [6, 6.07) is 14.5. The Morgan fingerprint density at radius 1 is 1.00 bits per heavy atom. The van der Waals surface area contributed by atoms with Crippen LogP contribution in [0.2, 0.25) is 15.1 Å². The molecule has 0 amide bonds. The summed E-state index contributed by atoms with van der Waals surface area (Å²) < 4.78 is 0. The number of hydrogen-bond donors (Lipinski definition) is 0. The Balaban J connectivity index is 2.45. The third-order valence-electron chi connectivity index (χ3n) is 2.51. The number of halogens is 3. The molecule has 0 aromatic heterocycles. The van der Waals surface area contributed by atoms with Gasteiger partial charge in [0.1, 0.15) is 0 Å². The lowest BCUT2D eigenvalue weighted by Gasteiger charge is -2.02. The Bertz CT molecular complexity index is 684. The molecule has 0 unspecified atom stereocenters. The molecule has 0 atom stereocenters. The van der Waals surface area contributed by atoms with E-state index in [4.69, 9.17) is 34.8 Å². The molecule has 0 radical (unpaired) electrons.